The molecule has 0 saturated heterocycles. The molecule has 0 unspecified atom stereocenters. The molecule has 1 heterocycles. The number of amides is 1. The molecule has 2 N–H and O–H groups in total. The zero-order valence-corrected chi connectivity index (χ0v) is 13.2. The Morgan fingerprint density at radius 3 is 2.42 bits per heavy atom. The van der Waals surface area contributed by atoms with Crippen molar-refractivity contribution >= 4 is 17.3 Å². The highest BCUT2D eigenvalue weighted by Gasteiger charge is 2.17. The fourth-order valence-electron chi connectivity index (χ4n) is 2.85. The largest absolute Gasteiger partial charge is 0.354 e. The van der Waals surface area contributed by atoms with Gasteiger partial charge in [-0.05, 0) is 37.1 Å². The molecular weight excluding hydrogens is 312 g/mol. The van der Waals surface area contributed by atoms with E-state index in [1.165, 1.54) is 18.7 Å². The molecule has 0 bridgehead atoms. The van der Waals surface area contributed by atoms with Crippen LogP contribution in [0.5, 0.6) is 0 Å². The lowest BCUT2D eigenvalue weighted by Gasteiger charge is -2.22. The molecule has 0 spiro atoms. The Hall–Kier alpha value is -2.50. The van der Waals surface area contributed by atoms with Crippen molar-refractivity contribution in [3.63, 3.8) is 0 Å². The van der Waals surface area contributed by atoms with E-state index in [-0.39, 0.29) is 11.9 Å². The second-order valence-corrected chi connectivity index (χ2v) is 5.99. The van der Waals surface area contributed by atoms with Gasteiger partial charge in [-0.3, -0.25) is 4.79 Å². The van der Waals surface area contributed by atoms with Crippen LogP contribution in [-0.4, -0.2) is 16.9 Å². The second kappa shape index (κ2) is 7.38. The summed E-state index contributed by atoms with van der Waals surface area (Å²) in [5.74, 6) is -1.99. The number of pyridine rings is 1. The molecule has 6 heteroatoms. The number of anilines is 2. The Bertz CT molecular complexity index is 713. The molecule has 0 aliphatic heterocycles. The maximum atomic E-state index is 13.2. The summed E-state index contributed by atoms with van der Waals surface area (Å²) in [5, 5.41) is 5.92. The van der Waals surface area contributed by atoms with Crippen LogP contribution >= 0.6 is 0 Å². The van der Waals surface area contributed by atoms with Gasteiger partial charge in [0.1, 0.15) is 5.69 Å². The van der Waals surface area contributed by atoms with Crippen molar-refractivity contribution in [1.82, 2.24) is 10.3 Å². The number of halogens is 2. The number of hydrogen-bond acceptors (Lipinski definition) is 3. The molecule has 126 valence electrons. The predicted molar refractivity (Wildman–Crippen MR) is 88.2 cm³/mol. The van der Waals surface area contributed by atoms with Crippen LogP contribution in [0.3, 0.4) is 0 Å². The number of carbonyl (C=O) groups excluding carboxylic acids is 1. The number of hydrogen-bond donors (Lipinski definition) is 2. The van der Waals surface area contributed by atoms with E-state index in [0.29, 0.717) is 17.1 Å². The monoisotopic (exact) mass is 331 g/mol. The number of aromatic nitrogens is 1. The van der Waals surface area contributed by atoms with Crippen molar-refractivity contribution in [1.29, 1.82) is 0 Å². The van der Waals surface area contributed by atoms with E-state index in [4.69, 9.17) is 0 Å². The molecule has 0 atom stereocenters. The summed E-state index contributed by atoms with van der Waals surface area (Å²) in [6.07, 6.45) is 7.06. The summed E-state index contributed by atoms with van der Waals surface area (Å²) < 4.78 is 26.1. The summed E-state index contributed by atoms with van der Waals surface area (Å²) in [7, 11) is 0. The minimum atomic E-state index is -0.920. The zero-order valence-electron chi connectivity index (χ0n) is 13.2. The van der Waals surface area contributed by atoms with E-state index >= 15 is 0 Å². The normalized spacial score (nSPS) is 15.1. The number of nitrogens with one attached hydrogen (secondary N) is 2. The summed E-state index contributed by atoms with van der Waals surface area (Å²) in [6, 6.07) is 7.08. The summed E-state index contributed by atoms with van der Waals surface area (Å²) in [4.78, 5) is 16.3. The molecule has 1 aromatic heterocycles. The fourth-order valence-corrected chi connectivity index (χ4v) is 2.85. The molecule has 1 fully saturated rings. The van der Waals surface area contributed by atoms with Crippen LogP contribution in [0, 0.1) is 11.6 Å². The van der Waals surface area contributed by atoms with Gasteiger partial charge in [0, 0.05) is 17.8 Å². The average molecular weight is 331 g/mol. The van der Waals surface area contributed by atoms with Crippen molar-refractivity contribution in [2.24, 2.45) is 0 Å². The maximum Gasteiger partial charge on any atom is 0.270 e. The van der Waals surface area contributed by atoms with E-state index in [2.05, 4.69) is 15.6 Å². The third-order valence-electron chi connectivity index (χ3n) is 4.14. The number of nitrogens with zero attached hydrogens (tertiary/aromatic N) is 1. The SMILES string of the molecule is O=C(NC1CCCCC1)c1ccc(Nc2ccc(F)c(F)c2)cn1. The first kappa shape index (κ1) is 16.4. The van der Waals surface area contributed by atoms with E-state index in [0.717, 1.165) is 37.8 Å². The Kier molecular flexibility index (Phi) is 5.03. The third kappa shape index (κ3) is 4.07. The number of benzene rings is 1. The van der Waals surface area contributed by atoms with Crippen molar-refractivity contribution in [3.8, 4) is 0 Å². The van der Waals surface area contributed by atoms with Crippen LogP contribution in [0.4, 0.5) is 20.2 Å². The first-order valence-corrected chi connectivity index (χ1v) is 8.11. The molecule has 1 saturated carbocycles. The molecule has 1 aliphatic rings. The van der Waals surface area contributed by atoms with Gasteiger partial charge in [-0.25, -0.2) is 13.8 Å². The quantitative estimate of drug-likeness (QED) is 0.884. The van der Waals surface area contributed by atoms with Gasteiger partial charge in [0.15, 0.2) is 11.6 Å². The van der Waals surface area contributed by atoms with Crippen LogP contribution in [0.1, 0.15) is 42.6 Å². The van der Waals surface area contributed by atoms with Gasteiger partial charge in [-0.15, -0.1) is 0 Å². The molecule has 4 nitrogen and oxygen atoms in total. The Labute approximate surface area is 139 Å². The van der Waals surface area contributed by atoms with Crippen LogP contribution in [0.15, 0.2) is 36.5 Å². The van der Waals surface area contributed by atoms with Gasteiger partial charge in [-0.1, -0.05) is 19.3 Å². The average Bonchev–Trinajstić information content (AvgIpc) is 2.60. The predicted octanol–water partition coefficient (Wildman–Crippen LogP) is 4.17. The van der Waals surface area contributed by atoms with E-state index in [1.54, 1.807) is 12.1 Å². The summed E-state index contributed by atoms with van der Waals surface area (Å²) >= 11 is 0. The Morgan fingerprint density at radius 1 is 1.00 bits per heavy atom. The third-order valence-corrected chi connectivity index (χ3v) is 4.14. The summed E-state index contributed by atoms with van der Waals surface area (Å²) in [6.45, 7) is 0. The van der Waals surface area contributed by atoms with Gasteiger partial charge in [0.05, 0.1) is 11.9 Å². The number of rotatable bonds is 4. The van der Waals surface area contributed by atoms with Gasteiger partial charge in [0.25, 0.3) is 5.91 Å². The molecule has 24 heavy (non-hydrogen) atoms. The van der Waals surface area contributed by atoms with Crippen LogP contribution in [-0.2, 0) is 0 Å². The van der Waals surface area contributed by atoms with E-state index < -0.39 is 11.6 Å². The second-order valence-electron chi connectivity index (χ2n) is 5.99. The zero-order chi connectivity index (χ0) is 16.9. The Balaban J connectivity index is 1.61. The molecular formula is C18H19F2N3O. The van der Waals surface area contributed by atoms with Crippen LogP contribution < -0.4 is 10.6 Å². The molecule has 2 aromatic rings. The van der Waals surface area contributed by atoms with E-state index in [1.807, 2.05) is 0 Å². The van der Waals surface area contributed by atoms with Gasteiger partial charge in [-0.2, -0.15) is 0 Å². The van der Waals surface area contributed by atoms with E-state index in [9.17, 15) is 13.6 Å². The summed E-state index contributed by atoms with van der Waals surface area (Å²) in [5.41, 5.74) is 1.35. The highest BCUT2D eigenvalue weighted by molar-refractivity contribution is 5.92. The highest BCUT2D eigenvalue weighted by atomic mass is 19.2. The lowest BCUT2D eigenvalue weighted by atomic mass is 9.95. The maximum absolute atomic E-state index is 13.2. The standard InChI is InChI=1S/C18H19F2N3O/c19-15-8-6-13(10-16(15)20)22-14-7-9-17(21-11-14)18(24)23-12-4-2-1-3-5-12/h6-12,22H,1-5H2,(H,23,24). The van der Waals surface area contributed by atoms with Crippen molar-refractivity contribution < 1.29 is 13.6 Å². The molecule has 1 aliphatic carbocycles. The smallest absolute Gasteiger partial charge is 0.270 e. The van der Waals surface area contributed by atoms with Crippen LogP contribution in [0.25, 0.3) is 0 Å². The fraction of sp³-hybridized carbons (Fsp3) is 0.333. The lowest BCUT2D eigenvalue weighted by Crippen LogP contribution is -2.36. The molecule has 1 amide bonds. The van der Waals surface area contributed by atoms with Gasteiger partial charge in [0.2, 0.25) is 0 Å². The number of carbonyl (C=O) groups is 1. The van der Waals surface area contributed by atoms with Crippen molar-refractivity contribution in [2.45, 2.75) is 38.1 Å². The first-order valence-electron chi connectivity index (χ1n) is 8.11. The van der Waals surface area contributed by atoms with Crippen molar-refractivity contribution in [3.05, 3.63) is 53.9 Å². The first-order chi connectivity index (χ1) is 11.6. The van der Waals surface area contributed by atoms with Gasteiger partial charge < -0.3 is 10.6 Å². The topological polar surface area (TPSA) is 54.0 Å². The van der Waals surface area contributed by atoms with Gasteiger partial charge >= 0.3 is 0 Å². The molecule has 3 rings (SSSR count). The van der Waals surface area contributed by atoms with Crippen molar-refractivity contribution in [2.75, 3.05) is 5.32 Å². The minimum Gasteiger partial charge on any atom is -0.354 e. The molecule has 1 aromatic carbocycles. The Morgan fingerprint density at radius 2 is 1.75 bits per heavy atom. The minimum absolute atomic E-state index is 0.179. The van der Waals surface area contributed by atoms with Crippen LogP contribution in [0.2, 0.25) is 0 Å². The lowest BCUT2D eigenvalue weighted by molar-refractivity contribution is 0.0922. The molecule has 0 radical (unpaired) electrons. The highest BCUT2D eigenvalue weighted by Crippen LogP contribution is 2.20.